The van der Waals surface area contributed by atoms with E-state index >= 15 is 0 Å². The van der Waals surface area contributed by atoms with Crippen LogP contribution in [0, 0.1) is 0 Å². The summed E-state index contributed by atoms with van der Waals surface area (Å²) in [6, 6.07) is 0. The van der Waals surface area contributed by atoms with Gasteiger partial charge in [-0.15, -0.1) is 0 Å². The molecular weight excluding hydrogens is 92.1 g/mol. The number of nitrogens with zero attached hydrogens (tertiary/aromatic N) is 1. The number of hydroxylamine groups is 2. The van der Waals surface area contributed by atoms with Gasteiger partial charge < -0.3 is 0 Å². The zero-order valence-electron chi connectivity index (χ0n) is 4.48. The average molecular weight is 102 g/mol. The Morgan fingerprint density at radius 3 is 2.86 bits per heavy atom. The molecule has 0 aromatic heterocycles. The van der Waals surface area contributed by atoms with Crippen molar-refractivity contribution in [1.82, 2.24) is 10.4 Å². The van der Waals surface area contributed by atoms with Gasteiger partial charge in [-0.25, -0.2) is 0 Å². The van der Waals surface area contributed by atoms with E-state index in [0.717, 1.165) is 13.1 Å². The van der Waals surface area contributed by atoms with E-state index < -0.39 is 0 Å². The zero-order chi connectivity index (χ0) is 5.11. The molecule has 0 saturated carbocycles. The fraction of sp³-hybridized carbons (Fsp3) is 1.00. The Labute approximate surface area is 43.2 Å². The van der Waals surface area contributed by atoms with E-state index in [9.17, 15) is 0 Å². The van der Waals surface area contributed by atoms with E-state index in [2.05, 4.69) is 5.32 Å². The highest BCUT2D eigenvalue weighted by Crippen LogP contribution is 1.85. The summed E-state index contributed by atoms with van der Waals surface area (Å²) in [5.74, 6) is 0. The van der Waals surface area contributed by atoms with Crippen molar-refractivity contribution in [3.05, 3.63) is 0 Å². The topological polar surface area (TPSA) is 24.5 Å². The van der Waals surface area contributed by atoms with Crippen molar-refractivity contribution < 1.29 is 4.84 Å². The number of hydrogen-bond acceptors (Lipinski definition) is 3. The molecule has 7 heavy (non-hydrogen) atoms. The fourth-order valence-electron chi connectivity index (χ4n) is 0.529. The minimum atomic E-state index is 0.663. The molecule has 1 aliphatic rings. The van der Waals surface area contributed by atoms with E-state index in [-0.39, 0.29) is 0 Å². The van der Waals surface area contributed by atoms with Crippen LogP contribution in [0.2, 0.25) is 0 Å². The molecule has 0 unspecified atom stereocenters. The van der Waals surface area contributed by atoms with Crippen molar-refractivity contribution in [2.45, 2.75) is 0 Å². The highest BCUT2D eigenvalue weighted by molar-refractivity contribution is 4.46. The number of likely N-dealkylation sites (N-methyl/N-ethyl adjacent to an activating group) is 1. The van der Waals surface area contributed by atoms with E-state index in [0.29, 0.717) is 6.73 Å². The van der Waals surface area contributed by atoms with E-state index in [1.807, 2.05) is 12.1 Å². The lowest BCUT2D eigenvalue weighted by Crippen LogP contribution is -2.39. The monoisotopic (exact) mass is 102 g/mol. The average Bonchev–Trinajstić information content (AvgIpc) is 1.69. The molecule has 0 aliphatic carbocycles. The van der Waals surface area contributed by atoms with Gasteiger partial charge in [0, 0.05) is 20.1 Å². The van der Waals surface area contributed by atoms with Gasteiger partial charge in [-0.1, -0.05) is 0 Å². The van der Waals surface area contributed by atoms with Gasteiger partial charge in [-0.3, -0.25) is 10.2 Å². The van der Waals surface area contributed by atoms with Crippen LogP contribution in [0.25, 0.3) is 0 Å². The highest BCUT2D eigenvalue weighted by atomic mass is 16.7. The largest absolute Gasteiger partial charge is 0.292 e. The molecule has 0 amide bonds. The predicted molar refractivity (Wildman–Crippen MR) is 26.6 cm³/mol. The van der Waals surface area contributed by atoms with Crippen LogP contribution in [-0.2, 0) is 4.84 Å². The molecule has 3 nitrogen and oxygen atoms in total. The Hall–Kier alpha value is -0.120. The van der Waals surface area contributed by atoms with Crippen LogP contribution >= 0.6 is 0 Å². The first-order chi connectivity index (χ1) is 3.39. The second kappa shape index (κ2) is 2.26. The van der Waals surface area contributed by atoms with Crippen molar-refractivity contribution >= 4 is 0 Å². The SMILES string of the molecule is CN1CCNCO1. The van der Waals surface area contributed by atoms with Gasteiger partial charge in [0.25, 0.3) is 0 Å². The lowest BCUT2D eigenvalue weighted by Gasteiger charge is -2.21. The van der Waals surface area contributed by atoms with Crippen molar-refractivity contribution in [1.29, 1.82) is 0 Å². The number of rotatable bonds is 0. The third-order valence-electron chi connectivity index (χ3n) is 0.990. The van der Waals surface area contributed by atoms with Crippen LogP contribution in [-0.4, -0.2) is 31.9 Å². The molecule has 1 fully saturated rings. The van der Waals surface area contributed by atoms with Crippen LogP contribution in [0.15, 0.2) is 0 Å². The zero-order valence-corrected chi connectivity index (χ0v) is 4.48. The van der Waals surface area contributed by atoms with Crippen molar-refractivity contribution in [2.24, 2.45) is 0 Å². The van der Waals surface area contributed by atoms with Gasteiger partial charge in [-0.05, 0) is 0 Å². The van der Waals surface area contributed by atoms with Crippen molar-refractivity contribution in [2.75, 3.05) is 26.9 Å². The molecule has 1 rings (SSSR count). The van der Waals surface area contributed by atoms with Crippen LogP contribution in [0.1, 0.15) is 0 Å². The molecule has 1 aliphatic heterocycles. The Kier molecular flexibility index (Phi) is 1.62. The van der Waals surface area contributed by atoms with Gasteiger partial charge in [0.1, 0.15) is 6.73 Å². The van der Waals surface area contributed by atoms with E-state index in [4.69, 9.17) is 4.84 Å². The van der Waals surface area contributed by atoms with Gasteiger partial charge in [0.2, 0.25) is 0 Å². The quantitative estimate of drug-likeness (QED) is 0.442. The molecule has 1 saturated heterocycles. The molecule has 1 N–H and O–H groups in total. The fourth-order valence-corrected chi connectivity index (χ4v) is 0.529. The van der Waals surface area contributed by atoms with Crippen molar-refractivity contribution in [3.8, 4) is 0 Å². The van der Waals surface area contributed by atoms with Gasteiger partial charge >= 0.3 is 0 Å². The summed E-state index contributed by atoms with van der Waals surface area (Å²) in [7, 11) is 1.93. The predicted octanol–water partition coefficient (Wildman–Crippen LogP) is -0.590. The van der Waals surface area contributed by atoms with Gasteiger partial charge in [0.15, 0.2) is 0 Å². The molecule has 0 bridgehead atoms. The molecule has 0 radical (unpaired) electrons. The molecule has 3 heteroatoms. The van der Waals surface area contributed by atoms with Gasteiger partial charge in [-0.2, -0.15) is 5.06 Å². The lowest BCUT2D eigenvalue weighted by atomic mass is 10.6. The van der Waals surface area contributed by atoms with Crippen LogP contribution in [0.5, 0.6) is 0 Å². The summed E-state index contributed by atoms with van der Waals surface area (Å²) in [6.07, 6.45) is 0. The van der Waals surface area contributed by atoms with Gasteiger partial charge in [0.05, 0.1) is 0 Å². The first-order valence-corrected chi connectivity index (χ1v) is 2.44. The summed E-state index contributed by atoms with van der Waals surface area (Å²) in [5.41, 5.74) is 0. The Bertz CT molecular complexity index is 51.7. The third-order valence-corrected chi connectivity index (χ3v) is 0.990. The third kappa shape index (κ3) is 1.43. The summed E-state index contributed by atoms with van der Waals surface area (Å²) in [6.45, 7) is 2.69. The van der Waals surface area contributed by atoms with Crippen LogP contribution < -0.4 is 5.32 Å². The maximum atomic E-state index is 5.00. The molecule has 0 aromatic carbocycles. The smallest absolute Gasteiger partial charge is 0.119 e. The first-order valence-electron chi connectivity index (χ1n) is 2.44. The van der Waals surface area contributed by atoms with E-state index in [1.165, 1.54) is 0 Å². The van der Waals surface area contributed by atoms with Crippen LogP contribution in [0.3, 0.4) is 0 Å². The number of nitrogens with one attached hydrogen (secondary N) is 1. The minimum absolute atomic E-state index is 0.663. The second-order valence-corrected chi connectivity index (χ2v) is 1.62. The maximum Gasteiger partial charge on any atom is 0.119 e. The van der Waals surface area contributed by atoms with Crippen molar-refractivity contribution in [3.63, 3.8) is 0 Å². The Morgan fingerprint density at radius 1 is 1.71 bits per heavy atom. The second-order valence-electron chi connectivity index (χ2n) is 1.62. The van der Waals surface area contributed by atoms with E-state index in [1.54, 1.807) is 0 Å². The molecule has 0 atom stereocenters. The first kappa shape index (κ1) is 5.03. The summed E-state index contributed by atoms with van der Waals surface area (Å²) in [5, 5.41) is 4.88. The molecule has 42 valence electrons. The normalized spacial score (nSPS) is 25.3. The maximum absolute atomic E-state index is 5.00. The number of hydrogen-bond donors (Lipinski definition) is 1. The summed E-state index contributed by atoms with van der Waals surface area (Å²) in [4.78, 5) is 5.00. The molecule has 0 spiro atoms. The minimum Gasteiger partial charge on any atom is -0.292 e. The molecule has 0 aromatic rings. The Balaban J connectivity index is 2.12. The molecular formula is C4H10N2O. The summed E-state index contributed by atoms with van der Waals surface area (Å²) >= 11 is 0. The lowest BCUT2D eigenvalue weighted by molar-refractivity contribution is -0.166. The summed E-state index contributed by atoms with van der Waals surface area (Å²) < 4.78 is 0. The van der Waals surface area contributed by atoms with Crippen LogP contribution in [0.4, 0.5) is 0 Å². The highest BCUT2D eigenvalue weighted by Gasteiger charge is 2.01. The Morgan fingerprint density at radius 2 is 2.57 bits per heavy atom. The molecule has 1 heterocycles. The standard InChI is InChI=1S/C4H10N2O/c1-6-3-2-5-4-7-6/h5H,2-4H2,1H3.